The van der Waals surface area contributed by atoms with E-state index in [1.807, 2.05) is 30.3 Å². The van der Waals surface area contributed by atoms with Crippen LogP contribution in [0.15, 0.2) is 42.0 Å². The topological polar surface area (TPSA) is 50.4 Å². The van der Waals surface area contributed by atoms with Crippen LogP contribution < -0.4 is 15.6 Å². The molecule has 0 aromatic heterocycles. The van der Waals surface area contributed by atoms with E-state index < -0.39 is 0 Å². The molecule has 1 saturated heterocycles. The van der Waals surface area contributed by atoms with Crippen molar-refractivity contribution in [3.8, 4) is 5.75 Å². The molecule has 2 N–H and O–H groups in total. The molecule has 3 rings (SSSR count). The van der Waals surface area contributed by atoms with Crippen molar-refractivity contribution < 1.29 is 9.53 Å². The SMILES string of the molecule is CC(C)COc1cccc2cccc(/C=C3\CNNC3=O)c12. The molecule has 1 amide bonds. The summed E-state index contributed by atoms with van der Waals surface area (Å²) in [6.07, 6.45) is 1.93. The van der Waals surface area contributed by atoms with Crippen molar-refractivity contribution in [2.24, 2.45) is 5.92 Å². The van der Waals surface area contributed by atoms with Crippen molar-refractivity contribution in [3.63, 3.8) is 0 Å². The van der Waals surface area contributed by atoms with Crippen LogP contribution in [0, 0.1) is 5.92 Å². The van der Waals surface area contributed by atoms with Crippen LogP contribution in [0.2, 0.25) is 0 Å². The highest BCUT2D eigenvalue weighted by Crippen LogP contribution is 2.31. The summed E-state index contributed by atoms with van der Waals surface area (Å²) >= 11 is 0. The van der Waals surface area contributed by atoms with Crippen LogP contribution in [0.25, 0.3) is 16.8 Å². The molecule has 1 aliphatic rings. The van der Waals surface area contributed by atoms with Crippen LogP contribution in [0.1, 0.15) is 19.4 Å². The van der Waals surface area contributed by atoms with Crippen molar-refractivity contribution in [1.29, 1.82) is 0 Å². The largest absolute Gasteiger partial charge is 0.493 e. The Morgan fingerprint density at radius 3 is 2.68 bits per heavy atom. The number of benzene rings is 2. The number of hydrogen-bond donors (Lipinski definition) is 2. The maximum atomic E-state index is 11.7. The number of ether oxygens (including phenoxy) is 1. The smallest absolute Gasteiger partial charge is 0.262 e. The summed E-state index contributed by atoms with van der Waals surface area (Å²) in [5.74, 6) is 1.26. The van der Waals surface area contributed by atoms with Gasteiger partial charge in [-0.2, -0.15) is 0 Å². The first-order valence-corrected chi connectivity index (χ1v) is 7.53. The molecule has 1 heterocycles. The van der Waals surface area contributed by atoms with Crippen molar-refractivity contribution in [2.45, 2.75) is 13.8 Å². The summed E-state index contributed by atoms with van der Waals surface area (Å²) in [6.45, 7) is 5.46. The summed E-state index contributed by atoms with van der Waals surface area (Å²) in [7, 11) is 0. The molecule has 114 valence electrons. The Labute approximate surface area is 130 Å². The van der Waals surface area contributed by atoms with E-state index in [9.17, 15) is 4.79 Å². The standard InChI is InChI=1S/C18H20N2O2/c1-12(2)11-22-16-8-4-6-13-5-3-7-14(17(13)16)9-15-10-19-20-18(15)21/h3-9,12,19H,10-11H2,1-2H3,(H,20,21)/b15-9+. The molecule has 4 nitrogen and oxygen atoms in total. The van der Waals surface area contributed by atoms with Gasteiger partial charge in [0.1, 0.15) is 5.75 Å². The third-order valence-electron chi connectivity index (χ3n) is 3.57. The number of hydrazine groups is 1. The van der Waals surface area contributed by atoms with Crippen LogP contribution in [-0.2, 0) is 4.79 Å². The van der Waals surface area contributed by atoms with Gasteiger partial charge in [-0.15, -0.1) is 0 Å². The molecular formula is C18H20N2O2. The number of fused-ring (bicyclic) bond motifs is 1. The van der Waals surface area contributed by atoms with Gasteiger partial charge in [0.25, 0.3) is 5.91 Å². The van der Waals surface area contributed by atoms with Gasteiger partial charge < -0.3 is 4.74 Å². The Morgan fingerprint density at radius 2 is 2.00 bits per heavy atom. The highest BCUT2D eigenvalue weighted by atomic mass is 16.5. The van der Waals surface area contributed by atoms with Crippen molar-refractivity contribution in [3.05, 3.63) is 47.5 Å². The number of carbonyl (C=O) groups is 1. The van der Waals surface area contributed by atoms with E-state index in [-0.39, 0.29) is 5.91 Å². The maximum absolute atomic E-state index is 11.7. The average Bonchev–Trinajstić information content (AvgIpc) is 2.90. The first kappa shape index (κ1) is 14.6. The predicted molar refractivity (Wildman–Crippen MR) is 88.4 cm³/mol. The maximum Gasteiger partial charge on any atom is 0.262 e. The second kappa shape index (κ2) is 6.20. The molecule has 0 aliphatic carbocycles. The summed E-state index contributed by atoms with van der Waals surface area (Å²) in [5, 5.41) is 2.17. The lowest BCUT2D eigenvalue weighted by Gasteiger charge is -2.13. The highest BCUT2D eigenvalue weighted by Gasteiger charge is 2.16. The third-order valence-corrected chi connectivity index (χ3v) is 3.57. The fraction of sp³-hybridized carbons (Fsp3) is 0.278. The van der Waals surface area contributed by atoms with Crippen LogP contribution in [0.4, 0.5) is 0 Å². The van der Waals surface area contributed by atoms with Gasteiger partial charge in [-0.1, -0.05) is 44.2 Å². The lowest BCUT2D eigenvalue weighted by atomic mass is 10.0. The van der Waals surface area contributed by atoms with Gasteiger partial charge in [-0.05, 0) is 29.0 Å². The second-order valence-electron chi connectivity index (χ2n) is 5.88. The fourth-order valence-corrected chi connectivity index (χ4v) is 2.52. The monoisotopic (exact) mass is 296 g/mol. The molecule has 0 atom stereocenters. The van der Waals surface area contributed by atoms with Crippen LogP contribution in [0.5, 0.6) is 5.75 Å². The van der Waals surface area contributed by atoms with Gasteiger partial charge in [0, 0.05) is 17.5 Å². The van der Waals surface area contributed by atoms with E-state index in [0.717, 1.165) is 27.7 Å². The molecule has 1 aliphatic heterocycles. The molecule has 4 heteroatoms. The first-order valence-electron chi connectivity index (χ1n) is 7.53. The number of hydrogen-bond acceptors (Lipinski definition) is 3. The molecule has 0 bridgehead atoms. The van der Waals surface area contributed by atoms with Gasteiger partial charge in [-0.25, -0.2) is 5.43 Å². The molecule has 1 fully saturated rings. The quantitative estimate of drug-likeness (QED) is 0.853. The van der Waals surface area contributed by atoms with E-state index in [2.05, 4.69) is 36.8 Å². The zero-order chi connectivity index (χ0) is 15.5. The molecule has 0 unspecified atom stereocenters. The summed E-state index contributed by atoms with van der Waals surface area (Å²) in [6, 6.07) is 12.1. The minimum Gasteiger partial charge on any atom is -0.493 e. The fourth-order valence-electron chi connectivity index (χ4n) is 2.52. The Hall–Kier alpha value is -2.33. The third kappa shape index (κ3) is 2.97. The van der Waals surface area contributed by atoms with Gasteiger partial charge in [0.2, 0.25) is 0 Å². The number of rotatable bonds is 4. The van der Waals surface area contributed by atoms with E-state index in [1.165, 1.54) is 0 Å². The van der Waals surface area contributed by atoms with Crippen LogP contribution in [-0.4, -0.2) is 19.1 Å². The van der Waals surface area contributed by atoms with Crippen molar-refractivity contribution in [2.75, 3.05) is 13.2 Å². The first-order chi connectivity index (χ1) is 10.6. The van der Waals surface area contributed by atoms with Gasteiger partial charge >= 0.3 is 0 Å². The Morgan fingerprint density at radius 1 is 1.23 bits per heavy atom. The second-order valence-corrected chi connectivity index (χ2v) is 5.88. The molecular weight excluding hydrogens is 276 g/mol. The van der Waals surface area contributed by atoms with Crippen molar-refractivity contribution in [1.82, 2.24) is 10.9 Å². The number of carbonyl (C=O) groups excluding carboxylic acids is 1. The Bertz CT molecular complexity index is 730. The minimum atomic E-state index is -0.0717. The molecule has 0 radical (unpaired) electrons. The highest BCUT2D eigenvalue weighted by molar-refractivity contribution is 6.03. The molecule has 0 spiro atoms. The Kier molecular flexibility index (Phi) is 4.11. The zero-order valence-corrected chi connectivity index (χ0v) is 12.8. The van der Waals surface area contributed by atoms with Gasteiger partial charge in [0.05, 0.1) is 6.61 Å². The summed E-state index contributed by atoms with van der Waals surface area (Å²) < 4.78 is 5.97. The summed E-state index contributed by atoms with van der Waals surface area (Å²) in [4.78, 5) is 11.7. The van der Waals surface area contributed by atoms with Crippen molar-refractivity contribution >= 4 is 22.8 Å². The Balaban J connectivity index is 2.07. The zero-order valence-electron chi connectivity index (χ0n) is 12.8. The summed E-state index contributed by atoms with van der Waals surface area (Å²) in [5.41, 5.74) is 7.18. The van der Waals surface area contributed by atoms with Crippen LogP contribution in [0.3, 0.4) is 0 Å². The van der Waals surface area contributed by atoms with E-state index >= 15 is 0 Å². The molecule has 2 aromatic carbocycles. The molecule has 2 aromatic rings. The predicted octanol–water partition coefficient (Wildman–Crippen LogP) is 2.89. The van der Waals surface area contributed by atoms with Crippen LogP contribution >= 0.6 is 0 Å². The van der Waals surface area contributed by atoms with E-state index in [4.69, 9.17) is 4.74 Å². The van der Waals surface area contributed by atoms with E-state index in [0.29, 0.717) is 19.1 Å². The average molecular weight is 296 g/mol. The van der Waals surface area contributed by atoms with E-state index in [1.54, 1.807) is 0 Å². The molecule has 22 heavy (non-hydrogen) atoms. The normalized spacial score (nSPS) is 16.5. The lowest BCUT2D eigenvalue weighted by Crippen LogP contribution is -2.25. The minimum absolute atomic E-state index is 0.0717. The number of nitrogens with one attached hydrogen (secondary N) is 2. The number of amides is 1. The van der Waals surface area contributed by atoms with Gasteiger partial charge in [-0.3, -0.25) is 10.2 Å². The molecule has 0 saturated carbocycles. The van der Waals surface area contributed by atoms with Gasteiger partial charge in [0.15, 0.2) is 0 Å². The lowest BCUT2D eigenvalue weighted by molar-refractivity contribution is -0.116.